The van der Waals surface area contributed by atoms with E-state index in [4.69, 9.17) is 16.7 Å². The van der Waals surface area contributed by atoms with Gasteiger partial charge in [-0.3, -0.25) is 4.72 Å². The van der Waals surface area contributed by atoms with Crippen molar-refractivity contribution >= 4 is 60.5 Å². The predicted octanol–water partition coefficient (Wildman–Crippen LogP) is 3.66. The number of halogens is 2. The van der Waals surface area contributed by atoms with Crippen molar-refractivity contribution in [3.63, 3.8) is 0 Å². The molecule has 20 heavy (non-hydrogen) atoms. The highest BCUT2D eigenvalue weighted by Crippen LogP contribution is 2.35. The first kappa shape index (κ1) is 15.3. The van der Waals surface area contributed by atoms with Crippen molar-refractivity contribution in [1.29, 1.82) is 0 Å². The van der Waals surface area contributed by atoms with E-state index < -0.39 is 16.0 Å². The first-order valence-corrected chi connectivity index (χ1v) is 8.57. The van der Waals surface area contributed by atoms with Crippen molar-refractivity contribution in [3.8, 4) is 0 Å². The van der Waals surface area contributed by atoms with Gasteiger partial charge in [0, 0.05) is 10.2 Å². The van der Waals surface area contributed by atoms with Crippen molar-refractivity contribution in [1.82, 2.24) is 0 Å². The molecule has 0 aliphatic rings. The van der Waals surface area contributed by atoms with E-state index in [2.05, 4.69) is 20.7 Å². The number of anilines is 1. The SMILES string of the molecule is O=C(O)c1ccc(NS(=O)(=O)c2cc(Br)c(Cl)s2)cc1. The van der Waals surface area contributed by atoms with Crippen molar-refractivity contribution in [2.45, 2.75) is 4.21 Å². The van der Waals surface area contributed by atoms with Gasteiger partial charge >= 0.3 is 5.97 Å². The lowest BCUT2D eigenvalue weighted by atomic mass is 10.2. The van der Waals surface area contributed by atoms with Gasteiger partial charge in [0.15, 0.2) is 0 Å². The quantitative estimate of drug-likeness (QED) is 0.826. The van der Waals surface area contributed by atoms with Gasteiger partial charge in [0.2, 0.25) is 0 Å². The van der Waals surface area contributed by atoms with Crippen molar-refractivity contribution in [2.24, 2.45) is 0 Å². The number of carboxylic acids is 1. The van der Waals surface area contributed by atoms with E-state index in [-0.39, 0.29) is 15.5 Å². The molecule has 0 amide bonds. The number of sulfonamides is 1. The van der Waals surface area contributed by atoms with Crippen LogP contribution in [-0.4, -0.2) is 19.5 Å². The Bertz CT molecular complexity index is 736. The third kappa shape index (κ3) is 3.32. The molecule has 0 spiro atoms. The number of hydrogen-bond donors (Lipinski definition) is 2. The van der Waals surface area contributed by atoms with Crippen LogP contribution < -0.4 is 4.72 Å². The van der Waals surface area contributed by atoms with Crippen LogP contribution in [0.4, 0.5) is 5.69 Å². The minimum absolute atomic E-state index is 0.0664. The zero-order valence-electron chi connectivity index (χ0n) is 9.63. The molecule has 0 saturated heterocycles. The maximum Gasteiger partial charge on any atom is 0.335 e. The fourth-order valence-electron chi connectivity index (χ4n) is 1.35. The summed E-state index contributed by atoms with van der Waals surface area (Å²) in [6.07, 6.45) is 0. The maximum atomic E-state index is 12.1. The molecular formula is C11H7BrClNO4S2. The molecule has 1 aromatic heterocycles. The Morgan fingerprint density at radius 2 is 1.90 bits per heavy atom. The molecule has 0 aliphatic heterocycles. The highest BCUT2D eigenvalue weighted by atomic mass is 79.9. The largest absolute Gasteiger partial charge is 0.478 e. The molecule has 1 heterocycles. The van der Waals surface area contributed by atoms with E-state index in [1.807, 2.05) is 0 Å². The Morgan fingerprint density at radius 3 is 2.35 bits per heavy atom. The Labute approximate surface area is 132 Å². The number of carbonyl (C=O) groups is 1. The smallest absolute Gasteiger partial charge is 0.335 e. The number of aromatic carboxylic acids is 1. The molecule has 106 valence electrons. The highest BCUT2D eigenvalue weighted by molar-refractivity contribution is 9.10. The summed E-state index contributed by atoms with van der Waals surface area (Å²) in [7, 11) is -3.74. The molecular weight excluding hydrogens is 390 g/mol. The minimum atomic E-state index is -3.74. The molecule has 9 heteroatoms. The summed E-state index contributed by atoms with van der Waals surface area (Å²) >= 11 is 9.87. The highest BCUT2D eigenvalue weighted by Gasteiger charge is 2.19. The molecule has 2 rings (SSSR count). The first-order chi connectivity index (χ1) is 9.29. The summed E-state index contributed by atoms with van der Waals surface area (Å²) < 4.78 is 27.4. The predicted molar refractivity (Wildman–Crippen MR) is 81.2 cm³/mol. The fraction of sp³-hybridized carbons (Fsp3) is 0. The number of nitrogens with one attached hydrogen (secondary N) is 1. The van der Waals surface area contributed by atoms with Gasteiger partial charge < -0.3 is 5.11 Å². The number of carboxylic acid groups (broad SMARTS) is 1. The second-order valence-electron chi connectivity index (χ2n) is 3.68. The van der Waals surface area contributed by atoms with E-state index in [1.165, 1.54) is 30.3 Å². The second-order valence-corrected chi connectivity index (χ2v) is 8.09. The molecule has 0 fully saturated rings. The molecule has 2 N–H and O–H groups in total. The van der Waals surface area contributed by atoms with Crippen molar-refractivity contribution in [3.05, 3.63) is 44.7 Å². The van der Waals surface area contributed by atoms with E-state index >= 15 is 0 Å². The van der Waals surface area contributed by atoms with Crippen LogP contribution in [0, 0.1) is 0 Å². The van der Waals surface area contributed by atoms with E-state index in [9.17, 15) is 13.2 Å². The summed E-state index contributed by atoms with van der Waals surface area (Å²) in [6, 6.07) is 6.80. The molecule has 0 aliphatic carbocycles. The molecule has 5 nitrogen and oxygen atoms in total. The van der Waals surface area contributed by atoms with Crippen LogP contribution in [0.25, 0.3) is 0 Å². The lowest BCUT2D eigenvalue weighted by molar-refractivity contribution is 0.0697. The lowest BCUT2D eigenvalue weighted by Gasteiger charge is -2.06. The fourth-order valence-corrected chi connectivity index (χ4v) is 4.71. The van der Waals surface area contributed by atoms with E-state index in [0.717, 1.165) is 11.3 Å². The van der Waals surface area contributed by atoms with Crippen LogP contribution in [0.3, 0.4) is 0 Å². The van der Waals surface area contributed by atoms with Crippen LogP contribution in [0.5, 0.6) is 0 Å². The van der Waals surface area contributed by atoms with Crippen molar-refractivity contribution < 1.29 is 18.3 Å². The number of rotatable bonds is 4. The maximum absolute atomic E-state index is 12.1. The molecule has 0 unspecified atom stereocenters. The molecule has 1 aromatic carbocycles. The Balaban J connectivity index is 2.26. The summed E-state index contributed by atoms with van der Waals surface area (Å²) in [5.74, 6) is -1.08. The third-order valence-electron chi connectivity index (χ3n) is 2.27. The molecule has 0 bridgehead atoms. The van der Waals surface area contributed by atoms with Crippen LogP contribution in [0.1, 0.15) is 10.4 Å². The molecule has 2 aromatic rings. The van der Waals surface area contributed by atoms with Gasteiger partial charge in [0.25, 0.3) is 10.0 Å². The second kappa shape index (κ2) is 5.72. The van der Waals surface area contributed by atoms with Crippen LogP contribution in [0.15, 0.2) is 39.0 Å². The van der Waals surface area contributed by atoms with Crippen LogP contribution in [0.2, 0.25) is 4.34 Å². The summed E-state index contributed by atoms with van der Waals surface area (Å²) in [6.45, 7) is 0. The topological polar surface area (TPSA) is 83.5 Å². The van der Waals surface area contributed by atoms with Gasteiger partial charge in [0.1, 0.15) is 8.55 Å². The monoisotopic (exact) mass is 395 g/mol. The van der Waals surface area contributed by atoms with Crippen molar-refractivity contribution in [2.75, 3.05) is 4.72 Å². The average Bonchev–Trinajstić information content (AvgIpc) is 2.71. The van der Waals surface area contributed by atoms with Crippen LogP contribution >= 0.6 is 38.9 Å². The summed E-state index contributed by atoms with van der Waals surface area (Å²) in [4.78, 5) is 10.7. The Hall–Kier alpha value is -1.09. The average molecular weight is 397 g/mol. The minimum Gasteiger partial charge on any atom is -0.478 e. The zero-order valence-corrected chi connectivity index (χ0v) is 13.6. The zero-order chi connectivity index (χ0) is 14.9. The van der Waals surface area contributed by atoms with Gasteiger partial charge in [0.05, 0.1) is 5.56 Å². The van der Waals surface area contributed by atoms with Gasteiger partial charge in [-0.15, -0.1) is 11.3 Å². The standard InChI is InChI=1S/C11H7BrClNO4S2/c12-8-5-9(19-10(8)13)20(17,18)14-7-3-1-6(2-4-7)11(15)16/h1-5,14H,(H,15,16). The van der Waals surface area contributed by atoms with E-state index in [1.54, 1.807) is 0 Å². The summed E-state index contributed by atoms with van der Waals surface area (Å²) in [5.41, 5.74) is 0.352. The Kier molecular flexibility index (Phi) is 4.38. The number of hydrogen-bond acceptors (Lipinski definition) is 4. The van der Waals surface area contributed by atoms with Gasteiger partial charge in [-0.2, -0.15) is 0 Å². The van der Waals surface area contributed by atoms with Gasteiger partial charge in [-0.05, 0) is 46.3 Å². The number of thiophene rings is 1. The Morgan fingerprint density at radius 1 is 1.30 bits per heavy atom. The third-order valence-corrected chi connectivity index (χ3v) is 6.60. The lowest BCUT2D eigenvalue weighted by Crippen LogP contribution is -2.11. The normalized spacial score (nSPS) is 11.3. The molecule has 0 atom stereocenters. The van der Waals surface area contributed by atoms with E-state index in [0.29, 0.717) is 8.81 Å². The first-order valence-electron chi connectivity index (χ1n) is 5.10. The van der Waals surface area contributed by atoms with Gasteiger partial charge in [-0.25, -0.2) is 13.2 Å². The molecule has 0 saturated carbocycles. The summed E-state index contributed by atoms with van der Waals surface area (Å²) in [5, 5.41) is 8.76. The van der Waals surface area contributed by atoms with Crippen LogP contribution in [-0.2, 0) is 10.0 Å². The van der Waals surface area contributed by atoms with Gasteiger partial charge in [-0.1, -0.05) is 11.6 Å². The molecule has 0 radical (unpaired) electrons. The number of benzene rings is 1.